The van der Waals surface area contributed by atoms with Crippen LogP contribution in [0.15, 0.2) is 42.9 Å². The summed E-state index contributed by atoms with van der Waals surface area (Å²) in [6, 6.07) is 8.02. The molecule has 0 saturated carbocycles. The Morgan fingerprint density at radius 1 is 1.23 bits per heavy atom. The van der Waals surface area contributed by atoms with Crippen molar-refractivity contribution >= 4 is 17.4 Å². The van der Waals surface area contributed by atoms with Crippen LogP contribution in [0.5, 0.6) is 5.75 Å². The molecule has 1 aliphatic rings. The van der Waals surface area contributed by atoms with Gasteiger partial charge in [0.15, 0.2) is 11.5 Å². The highest BCUT2D eigenvalue weighted by atomic mass is 16.5. The van der Waals surface area contributed by atoms with Gasteiger partial charge in [0.25, 0.3) is 5.91 Å². The number of nitrogens with zero attached hydrogens (tertiary/aromatic N) is 5. The van der Waals surface area contributed by atoms with Gasteiger partial charge in [0.05, 0.1) is 23.8 Å². The predicted molar refractivity (Wildman–Crippen MR) is 138 cm³/mol. The molecule has 1 atom stereocenters. The van der Waals surface area contributed by atoms with Crippen molar-refractivity contribution in [2.75, 3.05) is 50.9 Å². The molecule has 0 spiro atoms. The number of anilines is 2. The second kappa shape index (κ2) is 10.8. The quantitative estimate of drug-likeness (QED) is 0.537. The lowest BCUT2D eigenvalue weighted by molar-refractivity contribution is 0.0858. The Bertz CT molecular complexity index is 1160. The van der Waals surface area contributed by atoms with Crippen LogP contribution in [0.25, 0.3) is 11.3 Å². The average Bonchev–Trinajstić information content (AvgIpc) is 2.81. The zero-order valence-corrected chi connectivity index (χ0v) is 20.8. The number of hydrogen-bond acceptors (Lipinski definition) is 8. The second-order valence-electron chi connectivity index (χ2n) is 9.11. The summed E-state index contributed by atoms with van der Waals surface area (Å²) in [7, 11) is 2.17. The highest BCUT2D eigenvalue weighted by Crippen LogP contribution is 2.30. The number of rotatable bonds is 7. The van der Waals surface area contributed by atoms with Crippen molar-refractivity contribution in [3.05, 3.63) is 59.7 Å². The van der Waals surface area contributed by atoms with Crippen LogP contribution < -0.4 is 15.8 Å². The van der Waals surface area contributed by atoms with Crippen molar-refractivity contribution in [3.8, 4) is 17.0 Å². The van der Waals surface area contributed by atoms with Gasteiger partial charge < -0.3 is 20.7 Å². The third-order valence-corrected chi connectivity index (χ3v) is 6.31. The molecule has 0 radical (unpaired) electrons. The standard InChI is InChI=1S/C26H33N7O2/c1-17-12-21(35-11-10-33-9-8-32(4)16-19(33)3)13-18(2)23(17)22-15-29-25(27)24(31-22)26(34)30-20-6-5-7-28-14-20/h5-7,12-15,19H,8-11,16H2,1-4H3,(H2,27,29)(H,30,34). The number of carbonyl (C=O) groups excluding carboxylic acids is 1. The predicted octanol–water partition coefficient (Wildman–Crippen LogP) is 3.00. The number of nitrogens with two attached hydrogens (primary N) is 1. The highest BCUT2D eigenvalue weighted by molar-refractivity contribution is 6.05. The molecule has 1 unspecified atom stereocenters. The van der Waals surface area contributed by atoms with E-state index in [1.54, 1.807) is 30.7 Å². The first-order valence-electron chi connectivity index (χ1n) is 11.8. The molecule has 0 aliphatic carbocycles. The largest absolute Gasteiger partial charge is 0.492 e. The van der Waals surface area contributed by atoms with E-state index in [-0.39, 0.29) is 11.5 Å². The molecule has 3 aromatic rings. The Kier molecular flexibility index (Phi) is 7.57. The molecule has 0 bridgehead atoms. The molecule has 1 fully saturated rings. The molecule has 2 aromatic heterocycles. The fraction of sp³-hybridized carbons (Fsp3) is 0.385. The Balaban J connectivity index is 1.47. The van der Waals surface area contributed by atoms with Crippen LogP contribution in [0.4, 0.5) is 11.5 Å². The molecular formula is C26H33N7O2. The van der Waals surface area contributed by atoms with Gasteiger partial charge in [0, 0.05) is 44.0 Å². The van der Waals surface area contributed by atoms with Crippen molar-refractivity contribution in [1.82, 2.24) is 24.8 Å². The molecule has 1 aliphatic heterocycles. The van der Waals surface area contributed by atoms with Crippen molar-refractivity contribution in [1.29, 1.82) is 0 Å². The summed E-state index contributed by atoms with van der Waals surface area (Å²) >= 11 is 0. The number of aromatic nitrogens is 3. The average molecular weight is 476 g/mol. The van der Waals surface area contributed by atoms with Gasteiger partial charge >= 0.3 is 0 Å². The number of benzene rings is 1. The summed E-state index contributed by atoms with van der Waals surface area (Å²) in [5, 5.41) is 2.76. The molecule has 4 rings (SSSR count). The minimum atomic E-state index is -0.432. The first-order valence-corrected chi connectivity index (χ1v) is 11.8. The third kappa shape index (κ3) is 5.93. The van der Waals surface area contributed by atoms with Gasteiger partial charge in [-0.2, -0.15) is 0 Å². The maximum atomic E-state index is 12.8. The highest BCUT2D eigenvalue weighted by Gasteiger charge is 2.21. The fourth-order valence-electron chi connectivity index (χ4n) is 4.51. The fourth-order valence-corrected chi connectivity index (χ4v) is 4.51. The minimum Gasteiger partial charge on any atom is -0.492 e. The zero-order chi connectivity index (χ0) is 24.9. The van der Waals surface area contributed by atoms with Crippen LogP contribution in [0.2, 0.25) is 0 Å². The molecular weight excluding hydrogens is 442 g/mol. The van der Waals surface area contributed by atoms with Gasteiger partial charge in [-0.15, -0.1) is 0 Å². The van der Waals surface area contributed by atoms with Gasteiger partial charge in [0.2, 0.25) is 0 Å². The van der Waals surface area contributed by atoms with Crippen molar-refractivity contribution < 1.29 is 9.53 Å². The molecule has 9 nitrogen and oxygen atoms in total. The first kappa shape index (κ1) is 24.6. The van der Waals surface area contributed by atoms with E-state index in [4.69, 9.17) is 10.5 Å². The summed E-state index contributed by atoms with van der Waals surface area (Å²) in [5.41, 5.74) is 10.1. The number of hydrogen-bond donors (Lipinski definition) is 2. The summed E-state index contributed by atoms with van der Waals surface area (Å²) in [6.45, 7) is 11.0. The first-order chi connectivity index (χ1) is 16.8. The number of nitrogens with one attached hydrogen (secondary N) is 1. The maximum Gasteiger partial charge on any atom is 0.278 e. The minimum absolute atomic E-state index is 0.0727. The number of likely N-dealkylation sites (N-methyl/N-ethyl adjacent to an activating group) is 1. The van der Waals surface area contributed by atoms with Crippen LogP contribution in [0.3, 0.4) is 0 Å². The maximum absolute atomic E-state index is 12.8. The second-order valence-corrected chi connectivity index (χ2v) is 9.11. The lowest BCUT2D eigenvalue weighted by Crippen LogP contribution is -2.51. The van der Waals surface area contributed by atoms with E-state index in [0.29, 0.717) is 24.0 Å². The molecule has 184 valence electrons. The van der Waals surface area contributed by atoms with Crippen LogP contribution in [0.1, 0.15) is 28.5 Å². The lowest BCUT2D eigenvalue weighted by atomic mass is 9.99. The Labute approximate surface area is 206 Å². The van der Waals surface area contributed by atoms with E-state index in [0.717, 1.165) is 48.6 Å². The molecule has 35 heavy (non-hydrogen) atoms. The van der Waals surface area contributed by atoms with E-state index in [9.17, 15) is 4.79 Å². The van der Waals surface area contributed by atoms with Crippen molar-refractivity contribution in [3.63, 3.8) is 0 Å². The Hall–Kier alpha value is -3.56. The monoisotopic (exact) mass is 475 g/mol. The summed E-state index contributed by atoms with van der Waals surface area (Å²) in [6.07, 6.45) is 4.79. The number of nitrogen functional groups attached to an aromatic ring is 1. The molecule has 3 N–H and O–H groups in total. The van der Waals surface area contributed by atoms with Crippen LogP contribution in [0, 0.1) is 13.8 Å². The van der Waals surface area contributed by atoms with Gasteiger partial charge in [0.1, 0.15) is 12.4 Å². The lowest BCUT2D eigenvalue weighted by Gasteiger charge is -2.38. The van der Waals surface area contributed by atoms with Gasteiger partial charge in [-0.25, -0.2) is 9.97 Å². The number of ether oxygens (including phenoxy) is 1. The Morgan fingerprint density at radius 2 is 2.00 bits per heavy atom. The number of carbonyl (C=O) groups is 1. The SMILES string of the molecule is Cc1cc(OCCN2CCN(C)CC2C)cc(C)c1-c1cnc(N)c(C(=O)Nc2cccnc2)n1. The number of aryl methyl sites for hydroxylation is 2. The van der Waals surface area contributed by atoms with Gasteiger partial charge in [-0.05, 0) is 63.2 Å². The van der Waals surface area contributed by atoms with E-state index in [2.05, 4.69) is 44.0 Å². The van der Waals surface area contributed by atoms with E-state index >= 15 is 0 Å². The topological polar surface area (TPSA) is 110 Å². The Morgan fingerprint density at radius 3 is 2.69 bits per heavy atom. The van der Waals surface area contributed by atoms with Crippen LogP contribution in [-0.4, -0.2) is 76.5 Å². The third-order valence-electron chi connectivity index (χ3n) is 6.31. The molecule has 3 heterocycles. The zero-order valence-electron chi connectivity index (χ0n) is 20.8. The summed E-state index contributed by atoms with van der Waals surface area (Å²) in [5.74, 6) is 0.463. The number of amides is 1. The molecule has 1 amide bonds. The summed E-state index contributed by atoms with van der Waals surface area (Å²) in [4.78, 5) is 30.4. The van der Waals surface area contributed by atoms with Crippen LogP contribution in [-0.2, 0) is 0 Å². The van der Waals surface area contributed by atoms with E-state index in [1.807, 2.05) is 26.0 Å². The normalized spacial score (nSPS) is 16.7. The number of pyridine rings is 1. The number of piperazine rings is 1. The summed E-state index contributed by atoms with van der Waals surface area (Å²) < 4.78 is 6.10. The van der Waals surface area contributed by atoms with E-state index in [1.165, 1.54) is 0 Å². The molecule has 9 heteroatoms. The van der Waals surface area contributed by atoms with Crippen molar-refractivity contribution in [2.24, 2.45) is 0 Å². The smallest absolute Gasteiger partial charge is 0.278 e. The molecule has 1 saturated heterocycles. The van der Waals surface area contributed by atoms with Gasteiger partial charge in [-0.1, -0.05) is 0 Å². The van der Waals surface area contributed by atoms with Crippen LogP contribution >= 0.6 is 0 Å². The molecule has 1 aromatic carbocycles. The van der Waals surface area contributed by atoms with Gasteiger partial charge in [-0.3, -0.25) is 14.7 Å². The van der Waals surface area contributed by atoms with E-state index < -0.39 is 5.91 Å². The van der Waals surface area contributed by atoms with Crippen molar-refractivity contribution in [2.45, 2.75) is 26.8 Å².